The maximum atomic E-state index is 5.61. The molecule has 0 unspecified atom stereocenters. The molecule has 0 saturated heterocycles. The van der Waals surface area contributed by atoms with Crippen molar-refractivity contribution in [2.24, 2.45) is 0 Å². The van der Waals surface area contributed by atoms with Crippen molar-refractivity contribution in [3.63, 3.8) is 0 Å². The Morgan fingerprint density at radius 3 is 1.80 bits per heavy atom. The Bertz CT molecular complexity index is 441. The van der Waals surface area contributed by atoms with Gasteiger partial charge in [0.05, 0.1) is 0 Å². The smallest absolute Gasteiger partial charge is 0.0314 e. The van der Waals surface area contributed by atoms with Crippen molar-refractivity contribution in [1.82, 2.24) is 0 Å². The average Bonchev–Trinajstić information content (AvgIpc) is 2.30. The van der Waals surface area contributed by atoms with Crippen molar-refractivity contribution in [3.8, 4) is 0 Å². The molecule has 0 bridgehead atoms. The fourth-order valence-electron chi connectivity index (χ4n) is 1.36. The Morgan fingerprint density at radius 1 is 0.667 bits per heavy atom. The highest BCUT2D eigenvalue weighted by molar-refractivity contribution is 5.70. The second kappa shape index (κ2) is 4.47. The van der Waals surface area contributed by atoms with Gasteiger partial charge in [0.15, 0.2) is 0 Å². The van der Waals surface area contributed by atoms with Crippen LogP contribution in [0.5, 0.6) is 0 Å². The fourth-order valence-corrected chi connectivity index (χ4v) is 1.36. The van der Waals surface area contributed by atoms with E-state index in [0.717, 1.165) is 11.3 Å². The first-order valence-corrected chi connectivity index (χ1v) is 4.93. The first-order chi connectivity index (χ1) is 7.34. The SMILES string of the molecule is Nc1ccc(/C=C\c2ccccc2)cc1. The molecule has 1 heteroatoms. The molecule has 0 aliphatic carbocycles. The van der Waals surface area contributed by atoms with Crippen molar-refractivity contribution < 1.29 is 0 Å². The molecule has 74 valence electrons. The lowest BCUT2D eigenvalue weighted by Crippen LogP contribution is -1.82. The molecule has 2 N–H and O–H groups in total. The van der Waals surface area contributed by atoms with E-state index in [0.29, 0.717) is 0 Å². The second-order valence-corrected chi connectivity index (χ2v) is 3.41. The van der Waals surface area contributed by atoms with Crippen LogP contribution in [0.15, 0.2) is 54.6 Å². The van der Waals surface area contributed by atoms with Gasteiger partial charge in [-0.3, -0.25) is 0 Å². The minimum absolute atomic E-state index is 0.798. The van der Waals surface area contributed by atoms with Crippen molar-refractivity contribution in [2.45, 2.75) is 0 Å². The third-order valence-corrected chi connectivity index (χ3v) is 2.20. The highest BCUT2D eigenvalue weighted by atomic mass is 14.5. The Balaban J connectivity index is 2.15. The fraction of sp³-hybridized carbons (Fsp3) is 0. The number of benzene rings is 2. The van der Waals surface area contributed by atoms with Gasteiger partial charge >= 0.3 is 0 Å². The molecule has 1 nitrogen and oxygen atoms in total. The van der Waals surface area contributed by atoms with Crippen LogP contribution in [-0.4, -0.2) is 0 Å². The Morgan fingerprint density at radius 2 is 1.20 bits per heavy atom. The highest BCUT2D eigenvalue weighted by Crippen LogP contribution is 2.10. The van der Waals surface area contributed by atoms with E-state index in [1.807, 2.05) is 42.5 Å². The zero-order valence-electron chi connectivity index (χ0n) is 8.43. The summed E-state index contributed by atoms with van der Waals surface area (Å²) in [6.45, 7) is 0. The minimum atomic E-state index is 0.798. The van der Waals surface area contributed by atoms with Crippen molar-refractivity contribution >= 4 is 17.8 Å². The van der Waals surface area contributed by atoms with Crippen LogP contribution in [-0.2, 0) is 0 Å². The second-order valence-electron chi connectivity index (χ2n) is 3.41. The lowest BCUT2D eigenvalue weighted by Gasteiger charge is -1.95. The lowest BCUT2D eigenvalue weighted by molar-refractivity contribution is 1.64. The molecule has 2 rings (SSSR count). The molecule has 0 fully saturated rings. The molecule has 15 heavy (non-hydrogen) atoms. The van der Waals surface area contributed by atoms with Crippen LogP contribution in [0.1, 0.15) is 11.1 Å². The van der Waals surface area contributed by atoms with Crippen LogP contribution >= 0.6 is 0 Å². The molecule has 0 saturated carbocycles. The van der Waals surface area contributed by atoms with Gasteiger partial charge in [0.1, 0.15) is 0 Å². The number of hydrogen-bond donors (Lipinski definition) is 1. The summed E-state index contributed by atoms with van der Waals surface area (Å²) >= 11 is 0. The molecule has 0 atom stereocenters. The first-order valence-electron chi connectivity index (χ1n) is 4.93. The van der Waals surface area contributed by atoms with Gasteiger partial charge in [-0.05, 0) is 23.3 Å². The van der Waals surface area contributed by atoms with E-state index in [4.69, 9.17) is 5.73 Å². The lowest BCUT2D eigenvalue weighted by atomic mass is 10.1. The summed E-state index contributed by atoms with van der Waals surface area (Å²) in [5.41, 5.74) is 8.77. The van der Waals surface area contributed by atoms with Crippen LogP contribution in [0.3, 0.4) is 0 Å². The predicted octanol–water partition coefficient (Wildman–Crippen LogP) is 3.44. The van der Waals surface area contributed by atoms with E-state index < -0.39 is 0 Å². The van der Waals surface area contributed by atoms with Crippen molar-refractivity contribution in [1.29, 1.82) is 0 Å². The molecule has 0 heterocycles. The molecular weight excluding hydrogens is 182 g/mol. The topological polar surface area (TPSA) is 26.0 Å². The molecular formula is C14H13N. The third-order valence-electron chi connectivity index (χ3n) is 2.20. The first kappa shape index (κ1) is 9.53. The van der Waals surface area contributed by atoms with Crippen LogP contribution in [0.25, 0.3) is 12.2 Å². The average molecular weight is 195 g/mol. The summed E-state index contributed by atoms with van der Waals surface area (Å²) < 4.78 is 0. The summed E-state index contributed by atoms with van der Waals surface area (Å²) in [5, 5.41) is 0. The van der Waals surface area contributed by atoms with E-state index in [9.17, 15) is 0 Å². The normalized spacial score (nSPS) is 10.7. The summed E-state index contributed by atoms with van der Waals surface area (Å²) in [6, 6.07) is 18.1. The van der Waals surface area contributed by atoms with Crippen molar-refractivity contribution in [3.05, 3.63) is 65.7 Å². The van der Waals surface area contributed by atoms with Crippen LogP contribution in [0, 0.1) is 0 Å². The van der Waals surface area contributed by atoms with Gasteiger partial charge in [0, 0.05) is 5.69 Å². The van der Waals surface area contributed by atoms with E-state index >= 15 is 0 Å². The number of rotatable bonds is 2. The van der Waals surface area contributed by atoms with Crippen molar-refractivity contribution in [2.75, 3.05) is 5.73 Å². The third kappa shape index (κ3) is 2.71. The van der Waals surface area contributed by atoms with E-state index in [1.54, 1.807) is 0 Å². The molecule has 0 radical (unpaired) electrons. The predicted molar refractivity (Wildman–Crippen MR) is 66.2 cm³/mol. The maximum absolute atomic E-state index is 5.61. The number of anilines is 1. The van der Waals surface area contributed by atoms with Gasteiger partial charge in [-0.2, -0.15) is 0 Å². The summed E-state index contributed by atoms with van der Waals surface area (Å²) in [7, 11) is 0. The van der Waals surface area contributed by atoms with Gasteiger partial charge in [-0.15, -0.1) is 0 Å². The molecule has 0 amide bonds. The maximum Gasteiger partial charge on any atom is 0.0314 e. The van der Waals surface area contributed by atoms with Crippen LogP contribution in [0.2, 0.25) is 0 Å². The standard InChI is InChI=1S/C14H13N/c15-14-10-8-13(9-11-14)7-6-12-4-2-1-3-5-12/h1-11H,15H2/b7-6-. The summed E-state index contributed by atoms with van der Waals surface area (Å²) in [6.07, 6.45) is 4.17. The van der Waals surface area contributed by atoms with Crippen LogP contribution in [0.4, 0.5) is 5.69 Å². The van der Waals surface area contributed by atoms with Gasteiger partial charge < -0.3 is 5.73 Å². The van der Waals surface area contributed by atoms with E-state index in [-0.39, 0.29) is 0 Å². The molecule has 0 aromatic heterocycles. The Labute approximate surface area is 89.9 Å². The van der Waals surface area contributed by atoms with Gasteiger partial charge in [-0.25, -0.2) is 0 Å². The summed E-state index contributed by atoms with van der Waals surface area (Å²) in [4.78, 5) is 0. The molecule has 0 spiro atoms. The van der Waals surface area contributed by atoms with Crippen LogP contribution < -0.4 is 5.73 Å². The number of nitrogen functional groups attached to an aromatic ring is 1. The van der Waals surface area contributed by atoms with Gasteiger partial charge in [0.25, 0.3) is 0 Å². The minimum Gasteiger partial charge on any atom is -0.399 e. The zero-order valence-corrected chi connectivity index (χ0v) is 8.43. The quantitative estimate of drug-likeness (QED) is 0.576. The Kier molecular flexibility index (Phi) is 2.84. The Hall–Kier alpha value is -2.02. The van der Waals surface area contributed by atoms with Gasteiger partial charge in [-0.1, -0.05) is 54.6 Å². The highest BCUT2D eigenvalue weighted by Gasteiger charge is 1.87. The van der Waals surface area contributed by atoms with Gasteiger partial charge in [0.2, 0.25) is 0 Å². The van der Waals surface area contributed by atoms with E-state index in [1.165, 1.54) is 5.56 Å². The number of hydrogen-bond acceptors (Lipinski definition) is 1. The molecule has 2 aromatic rings. The molecule has 0 aliphatic rings. The zero-order chi connectivity index (χ0) is 10.5. The summed E-state index contributed by atoms with van der Waals surface area (Å²) in [5.74, 6) is 0. The number of nitrogens with two attached hydrogens (primary N) is 1. The monoisotopic (exact) mass is 195 g/mol. The molecule has 0 aliphatic heterocycles. The largest absolute Gasteiger partial charge is 0.399 e. The van der Waals surface area contributed by atoms with E-state index in [2.05, 4.69) is 24.3 Å². The molecule has 2 aromatic carbocycles.